The molecule has 1 N–H and O–H groups in total. The molecule has 0 radical (unpaired) electrons. The molecule has 0 spiro atoms. The first-order valence-electron chi connectivity index (χ1n) is 9.67. The lowest BCUT2D eigenvalue weighted by molar-refractivity contribution is -0.148. The van der Waals surface area contributed by atoms with Crippen LogP contribution in [0.25, 0.3) is 0 Å². The van der Waals surface area contributed by atoms with E-state index in [2.05, 4.69) is 10.3 Å². The number of benzene rings is 1. The van der Waals surface area contributed by atoms with Gasteiger partial charge in [-0.15, -0.1) is 0 Å². The van der Waals surface area contributed by atoms with Crippen LogP contribution in [-0.2, 0) is 27.2 Å². The summed E-state index contributed by atoms with van der Waals surface area (Å²) in [6, 6.07) is 11.1. The molecule has 1 aromatic heterocycles. The molecular formula is C22H24N2O5S. The molecule has 1 aromatic carbocycles. The number of ether oxygens (including phenoxy) is 2. The van der Waals surface area contributed by atoms with Crippen molar-refractivity contribution in [2.75, 3.05) is 6.61 Å². The number of nitrogens with zero attached hydrogens (tertiary/aromatic N) is 1. The fourth-order valence-corrected chi connectivity index (χ4v) is 4.05. The van der Waals surface area contributed by atoms with Gasteiger partial charge < -0.3 is 9.47 Å². The number of nitrogens with one attached hydrogen (secondary N) is 1. The van der Waals surface area contributed by atoms with Crippen molar-refractivity contribution >= 4 is 28.9 Å². The Hall–Kier alpha value is -2.87. The number of thioether (sulfide) groups is 1. The highest BCUT2D eigenvalue weighted by Crippen LogP contribution is 2.35. The molecule has 0 saturated carbocycles. The molecule has 1 fully saturated rings. The zero-order valence-electron chi connectivity index (χ0n) is 17.1. The predicted molar refractivity (Wildman–Crippen MR) is 113 cm³/mol. The maximum Gasteiger partial charge on any atom is 0.303 e. The van der Waals surface area contributed by atoms with Crippen molar-refractivity contribution in [3.63, 3.8) is 0 Å². The van der Waals surface area contributed by atoms with E-state index in [1.807, 2.05) is 31.2 Å². The molecule has 2 aromatic rings. The predicted octanol–water partition coefficient (Wildman–Crippen LogP) is 3.61. The van der Waals surface area contributed by atoms with Gasteiger partial charge in [0.05, 0.1) is 0 Å². The second-order valence-electron chi connectivity index (χ2n) is 7.24. The van der Waals surface area contributed by atoms with Gasteiger partial charge in [0.2, 0.25) is 5.91 Å². The second kappa shape index (κ2) is 9.30. The quantitative estimate of drug-likeness (QED) is 0.642. The fraction of sp³-hybridized carbons (Fsp3) is 0.364. The largest absolute Gasteiger partial charge is 0.489 e. The minimum absolute atomic E-state index is 0.149. The molecule has 0 bridgehead atoms. The highest BCUT2D eigenvalue weighted by molar-refractivity contribution is 8.16. The molecule has 1 aliphatic rings. The first-order valence-corrected chi connectivity index (χ1v) is 10.5. The second-order valence-corrected chi connectivity index (χ2v) is 8.72. The van der Waals surface area contributed by atoms with E-state index in [1.54, 1.807) is 25.3 Å². The summed E-state index contributed by atoms with van der Waals surface area (Å²) >= 11 is 1.01. The number of aryl methyl sites for hydroxylation is 1. The number of hydrogen-bond acceptors (Lipinski definition) is 7. The fourth-order valence-electron chi connectivity index (χ4n) is 3.12. The molecule has 0 aliphatic carbocycles. The summed E-state index contributed by atoms with van der Waals surface area (Å²) in [5.74, 6) is -0.0582. The van der Waals surface area contributed by atoms with Gasteiger partial charge in [-0.25, -0.2) is 0 Å². The third kappa shape index (κ3) is 5.38. The van der Waals surface area contributed by atoms with Crippen molar-refractivity contribution in [3.05, 3.63) is 59.4 Å². The lowest BCUT2D eigenvalue weighted by Crippen LogP contribution is -2.35. The van der Waals surface area contributed by atoms with Gasteiger partial charge in [0.25, 0.3) is 5.24 Å². The average Bonchev–Trinajstić information content (AvgIpc) is 2.97. The zero-order chi connectivity index (χ0) is 21.7. The van der Waals surface area contributed by atoms with Gasteiger partial charge in [-0.05, 0) is 55.3 Å². The van der Waals surface area contributed by atoms with Gasteiger partial charge in [0.1, 0.15) is 17.1 Å². The summed E-state index contributed by atoms with van der Waals surface area (Å²) in [6.45, 7) is 5.28. The summed E-state index contributed by atoms with van der Waals surface area (Å²) in [6.07, 6.45) is 2.39. The molecule has 1 unspecified atom stereocenters. The summed E-state index contributed by atoms with van der Waals surface area (Å²) < 4.78 is 10.4. The Morgan fingerprint density at radius 2 is 1.93 bits per heavy atom. The van der Waals surface area contributed by atoms with E-state index in [1.165, 1.54) is 6.92 Å². The van der Waals surface area contributed by atoms with Crippen LogP contribution < -0.4 is 10.1 Å². The summed E-state index contributed by atoms with van der Waals surface area (Å²) in [5, 5.41) is 2.00. The molecule has 30 heavy (non-hydrogen) atoms. The van der Waals surface area contributed by atoms with Gasteiger partial charge in [-0.2, -0.15) is 0 Å². The topological polar surface area (TPSA) is 94.6 Å². The Morgan fingerprint density at radius 1 is 1.20 bits per heavy atom. The Labute approximate surface area is 179 Å². The number of aromatic nitrogens is 1. The number of carbonyl (C=O) groups is 3. The lowest BCUT2D eigenvalue weighted by atomic mass is 9.99. The van der Waals surface area contributed by atoms with Gasteiger partial charge >= 0.3 is 5.97 Å². The summed E-state index contributed by atoms with van der Waals surface area (Å²) in [5.41, 5.74) is 2.64. The molecule has 158 valence electrons. The molecule has 8 heteroatoms. The van der Waals surface area contributed by atoms with E-state index in [0.29, 0.717) is 12.2 Å². The Morgan fingerprint density at radius 3 is 2.47 bits per heavy atom. The molecule has 3 rings (SSSR count). The average molecular weight is 429 g/mol. The third-order valence-electron chi connectivity index (χ3n) is 4.77. The van der Waals surface area contributed by atoms with Gasteiger partial charge in [0, 0.05) is 24.4 Å². The van der Waals surface area contributed by atoms with Gasteiger partial charge in [-0.3, -0.25) is 24.7 Å². The first kappa shape index (κ1) is 21.8. The normalized spacial score (nSPS) is 19.3. The van der Waals surface area contributed by atoms with Crippen molar-refractivity contribution in [2.45, 2.75) is 44.5 Å². The minimum Gasteiger partial charge on any atom is -0.489 e. The molecular weight excluding hydrogens is 404 g/mol. The monoisotopic (exact) mass is 428 g/mol. The standard InChI is InChI=1S/C22H24N2O5S/c1-4-17-8-7-16(12-23-17)19(29-14(2)25)13-28-18-9-5-15(6-10-18)11-22(3)20(26)24-21(27)30-22/h5-10,12,19H,4,11,13H2,1-3H3,(H,24,26,27)/t19-,22?/m0/s1. The third-order valence-corrected chi connectivity index (χ3v) is 5.84. The molecule has 2 atom stereocenters. The maximum atomic E-state index is 12.0. The van der Waals surface area contributed by atoms with Crippen LogP contribution in [0.5, 0.6) is 5.75 Å². The molecule has 1 saturated heterocycles. The maximum absolute atomic E-state index is 12.0. The molecule has 7 nitrogen and oxygen atoms in total. The zero-order valence-corrected chi connectivity index (χ0v) is 18.0. The molecule has 1 aliphatic heterocycles. The van der Waals surface area contributed by atoms with Crippen LogP contribution >= 0.6 is 11.8 Å². The van der Waals surface area contributed by atoms with Crippen LogP contribution in [0.3, 0.4) is 0 Å². The number of esters is 1. The first-order chi connectivity index (χ1) is 14.3. The highest BCUT2D eigenvalue weighted by atomic mass is 32.2. The minimum atomic E-state index is -0.808. The van der Waals surface area contributed by atoms with Crippen LogP contribution in [0.1, 0.15) is 43.7 Å². The smallest absolute Gasteiger partial charge is 0.303 e. The highest BCUT2D eigenvalue weighted by Gasteiger charge is 2.43. The van der Waals surface area contributed by atoms with Gasteiger partial charge in [0.15, 0.2) is 6.10 Å². The number of pyridine rings is 1. The van der Waals surface area contributed by atoms with Crippen LogP contribution in [0.2, 0.25) is 0 Å². The Bertz CT molecular complexity index is 930. The lowest BCUT2D eigenvalue weighted by Gasteiger charge is -2.19. The summed E-state index contributed by atoms with van der Waals surface area (Å²) in [7, 11) is 0. The van der Waals surface area contributed by atoms with Crippen molar-refractivity contribution < 1.29 is 23.9 Å². The number of imide groups is 1. The number of rotatable bonds is 8. The SMILES string of the molecule is CCc1ccc([C@H](COc2ccc(CC3(C)SC(=O)NC3=O)cc2)OC(C)=O)cn1. The van der Waals surface area contributed by atoms with E-state index in [9.17, 15) is 14.4 Å². The molecule has 2 amide bonds. The van der Waals surface area contributed by atoms with E-state index in [0.717, 1.165) is 35.0 Å². The van der Waals surface area contributed by atoms with Crippen LogP contribution in [0.4, 0.5) is 4.79 Å². The van der Waals surface area contributed by atoms with E-state index >= 15 is 0 Å². The van der Waals surface area contributed by atoms with Crippen molar-refractivity contribution in [2.24, 2.45) is 0 Å². The summed E-state index contributed by atoms with van der Waals surface area (Å²) in [4.78, 5) is 39.3. The molecule has 2 heterocycles. The van der Waals surface area contributed by atoms with E-state index in [4.69, 9.17) is 9.47 Å². The van der Waals surface area contributed by atoms with Crippen LogP contribution in [0.15, 0.2) is 42.6 Å². The van der Waals surface area contributed by atoms with Crippen molar-refractivity contribution in [3.8, 4) is 5.75 Å². The van der Waals surface area contributed by atoms with Crippen molar-refractivity contribution in [1.82, 2.24) is 10.3 Å². The van der Waals surface area contributed by atoms with Crippen LogP contribution in [-0.4, -0.2) is 33.5 Å². The number of amides is 2. The van der Waals surface area contributed by atoms with Crippen molar-refractivity contribution in [1.29, 1.82) is 0 Å². The number of hydrogen-bond donors (Lipinski definition) is 1. The number of carbonyl (C=O) groups excluding carboxylic acids is 3. The van der Waals surface area contributed by atoms with E-state index in [-0.39, 0.29) is 17.8 Å². The Balaban J connectivity index is 1.63. The van der Waals surface area contributed by atoms with E-state index < -0.39 is 16.8 Å². The Kier molecular flexibility index (Phi) is 6.77. The van der Waals surface area contributed by atoms with Crippen LogP contribution in [0, 0.1) is 0 Å². The van der Waals surface area contributed by atoms with Gasteiger partial charge in [-0.1, -0.05) is 25.1 Å².